The first kappa shape index (κ1) is 43.8. The van der Waals surface area contributed by atoms with E-state index in [4.69, 9.17) is 18.5 Å². The molecule has 0 fully saturated rings. The number of carbonyl (C=O) groups is 2. The topological polar surface area (TPSA) is 108 Å². The van der Waals surface area contributed by atoms with Crippen molar-refractivity contribution in [2.24, 2.45) is 0 Å². The van der Waals surface area contributed by atoms with Crippen molar-refractivity contribution in [3.8, 4) is 0 Å². The fraction of sp³-hybridized carbons (Fsp3) is 0.886. The second kappa shape index (κ2) is 28.9. The van der Waals surface area contributed by atoms with Gasteiger partial charge in [-0.1, -0.05) is 116 Å². The van der Waals surface area contributed by atoms with E-state index in [9.17, 15) is 19.0 Å². The number of quaternary nitrogens is 1. The number of hydrogen-bond donors (Lipinski definition) is 1. The molecule has 0 aromatic heterocycles. The molecule has 45 heavy (non-hydrogen) atoms. The lowest BCUT2D eigenvalue weighted by Gasteiger charge is -2.24. The van der Waals surface area contributed by atoms with E-state index in [-0.39, 0.29) is 25.6 Å². The Morgan fingerprint density at radius 2 is 1.16 bits per heavy atom. The summed E-state index contributed by atoms with van der Waals surface area (Å²) in [7, 11) is 1.47. The Morgan fingerprint density at radius 1 is 0.667 bits per heavy atom. The molecule has 0 rings (SSSR count). The highest BCUT2D eigenvalue weighted by atomic mass is 31.2. The SMILES string of the molecule is CCCC/C=C\CCCCCCCC(=O)OC(COC(=O)CCCCCCCCCCCC)COP(=O)(O)OCC[N+](C)(C)C. The Kier molecular flexibility index (Phi) is 28.1. The molecule has 0 saturated carbocycles. The van der Waals surface area contributed by atoms with Crippen LogP contribution < -0.4 is 0 Å². The zero-order chi connectivity index (χ0) is 33.7. The number of nitrogens with zero attached hydrogens (tertiary/aromatic N) is 1. The summed E-state index contributed by atoms with van der Waals surface area (Å²) < 4.78 is 34.0. The molecule has 0 heterocycles. The number of hydrogen-bond acceptors (Lipinski definition) is 7. The van der Waals surface area contributed by atoms with Crippen molar-refractivity contribution in [1.82, 2.24) is 0 Å². The van der Waals surface area contributed by atoms with Gasteiger partial charge in [0.05, 0.1) is 27.7 Å². The van der Waals surface area contributed by atoms with Crippen LogP contribution in [0.5, 0.6) is 0 Å². The Hall–Kier alpha value is -1.25. The van der Waals surface area contributed by atoms with E-state index in [1.165, 1.54) is 57.8 Å². The number of phosphoric ester groups is 1. The van der Waals surface area contributed by atoms with Gasteiger partial charge in [0.25, 0.3) is 0 Å². The molecule has 1 N–H and O–H groups in total. The van der Waals surface area contributed by atoms with Crippen molar-refractivity contribution in [3.63, 3.8) is 0 Å². The average Bonchev–Trinajstić information content (AvgIpc) is 2.97. The number of rotatable bonds is 32. The average molecular weight is 663 g/mol. The zero-order valence-electron chi connectivity index (χ0n) is 29.6. The fourth-order valence-electron chi connectivity index (χ4n) is 4.64. The summed E-state index contributed by atoms with van der Waals surface area (Å²) in [6, 6.07) is 0. The monoisotopic (exact) mass is 662 g/mol. The fourth-order valence-corrected chi connectivity index (χ4v) is 5.38. The van der Waals surface area contributed by atoms with Crippen LogP contribution in [-0.4, -0.2) is 74.9 Å². The van der Waals surface area contributed by atoms with Gasteiger partial charge >= 0.3 is 19.8 Å². The zero-order valence-corrected chi connectivity index (χ0v) is 30.5. The standard InChI is InChI=1S/C35H68NO8P/c1-6-8-10-12-14-16-18-20-22-24-26-28-35(38)44-33(32-43-45(39,40)42-30-29-36(3,4)5)31-41-34(37)27-25-23-21-19-17-15-13-11-9-7-2/h12,14,33H,6-11,13,15-32H2,1-5H3/p+1/b14-12-. The highest BCUT2D eigenvalue weighted by Gasteiger charge is 2.27. The van der Waals surface area contributed by atoms with E-state index in [2.05, 4.69) is 26.0 Å². The van der Waals surface area contributed by atoms with Crippen molar-refractivity contribution >= 4 is 19.8 Å². The Labute approximate surface area is 276 Å². The van der Waals surface area contributed by atoms with Gasteiger partial charge in [-0.2, -0.15) is 0 Å². The molecule has 0 aliphatic carbocycles. The number of esters is 2. The van der Waals surface area contributed by atoms with Crippen molar-refractivity contribution in [3.05, 3.63) is 12.2 Å². The van der Waals surface area contributed by atoms with Crippen molar-refractivity contribution in [1.29, 1.82) is 0 Å². The van der Waals surface area contributed by atoms with Gasteiger partial charge in [0.1, 0.15) is 19.8 Å². The first-order valence-electron chi connectivity index (χ1n) is 17.9. The third-order valence-corrected chi connectivity index (χ3v) is 8.53. The van der Waals surface area contributed by atoms with Gasteiger partial charge in [0, 0.05) is 12.8 Å². The van der Waals surface area contributed by atoms with E-state index >= 15 is 0 Å². The van der Waals surface area contributed by atoms with Crippen LogP contribution in [-0.2, 0) is 32.7 Å². The first-order valence-corrected chi connectivity index (χ1v) is 19.4. The summed E-state index contributed by atoms with van der Waals surface area (Å²) in [5, 5.41) is 0. The number of carbonyl (C=O) groups excluding carboxylic acids is 2. The maximum atomic E-state index is 12.5. The number of likely N-dealkylation sites (N-methyl/N-ethyl adjacent to an activating group) is 1. The predicted molar refractivity (Wildman–Crippen MR) is 183 cm³/mol. The highest BCUT2D eigenvalue weighted by Crippen LogP contribution is 2.43. The molecule has 0 amide bonds. The second-order valence-electron chi connectivity index (χ2n) is 13.3. The van der Waals surface area contributed by atoms with E-state index in [1.54, 1.807) is 0 Å². The van der Waals surface area contributed by atoms with Gasteiger partial charge in [-0.25, -0.2) is 4.57 Å². The predicted octanol–water partition coefficient (Wildman–Crippen LogP) is 9.07. The van der Waals surface area contributed by atoms with Crippen LogP contribution in [0.2, 0.25) is 0 Å². The molecule has 2 unspecified atom stereocenters. The lowest BCUT2D eigenvalue weighted by atomic mass is 10.1. The summed E-state index contributed by atoms with van der Waals surface area (Å²) in [6.45, 7) is 4.34. The van der Waals surface area contributed by atoms with E-state index in [0.29, 0.717) is 23.9 Å². The molecule has 0 aromatic carbocycles. The van der Waals surface area contributed by atoms with Crippen LogP contribution in [0.15, 0.2) is 12.2 Å². The van der Waals surface area contributed by atoms with E-state index in [1.807, 2.05) is 21.1 Å². The van der Waals surface area contributed by atoms with Gasteiger partial charge in [-0.15, -0.1) is 0 Å². The van der Waals surface area contributed by atoms with Crippen molar-refractivity contribution < 1.29 is 42.1 Å². The van der Waals surface area contributed by atoms with Gasteiger partial charge in [-0.3, -0.25) is 18.6 Å². The van der Waals surface area contributed by atoms with Crippen LogP contribution in [0.4, 0.5) is 0 Å². The maximum Gasteiger partial charge on any atom is 0.472 e. The molecule has 0 spiro atoms. The molecule has 0 aliphatic heterocycles. The Bertz CT molecular complexity index is 799. The molecule has 0 saturated heterocycles. The minimum atomic E-state index is -4.36. The van der Waals surface area contributed by atoms with E-state index in [0.717, 1.165) is 57.8 Å². The maximum absolute atomic E-state index is 12.5. The highest BCUT2D eigenvalue weighted by molar-refractivity contribution is 7.47. The molecule has 9 nitrogen and oxygen atoms in total. The lowest BCUT2D eigenvalue weighted by molar-refractivity contribution is -0.870. The number of allylic oxidation sites excluding steroid dienone is 2. The lowest BCUT2D eigenvalue weighted by Crippen LogP contribution is -2.37. The third kappa shape index (κ3) is 32.5. The van der Waals surface area contributed by atoms with Crippen LogP contribution in [0.1, 0.15) is 149 Å². The summed E-state index contributed by atoms with van der Waals surface area (Å²) in [4.78, 5) is 35.0. The molecule has 10 heteroatoms. The number of ether oxygens (including phenoxy) is 2. The molecule has 0 aliphatic rings. The minimum absolute atomic E-state index is 0.0325. The quantitative estimate of drug-likeness (QED) is 0.0250. The molecule has 266 valence electrons. The first-order chi connectivity index (χ1) is 21.5. The molecular weight excluding hydrogens is 593 g/mol. The van der Waals surface area contributed by atoms with Gasteiger partial charge in [-0.05, 0) is 32.1 Å². The normalized spacial score (nSPS) is 14.0. The Balaban J connectivity index is 4.49. The number of phosphoric acid groups is 1. The van der Waals surface area contributed by atoms with Gasteiger partial charge in [0.15, 0.2) is 6.10 Å². The smallest absolute Gasteiger partial charge is 0.462 e. The van der Waals surface area contributed by atoms with Crippen LogP contribution in [0.3, 0.4) is 0 Å². The molecule has 0 radical (unpaired) electrons. The van der Waals surface area contributed by atoms with Crippen molar-refractivity contribution in [2.75, 3.05) is 47.5 Å². The minimum Gasteiger partial charge on any atom is -0.462 e. The Morgan fingerprint density at radius 3 is 1.71 bits per heavy atom. The molecule has 0 bridgehead atoms. The van der Waals surface area contributed by atoms with Crippen LogP contribution in [0, 0.1) is 0 Å². The van der Waals surface area contributed by atoms with Crippen LogP contribution in [0.25, 0.3) is 0 Å². The van der Waals surface area contributed by atoms with Crippen LogP contribution >= 0.6 is 7.82 Å². The molecule has 2 atom stereocenters. The van der Waals surface area contributed by atoms with Gasteiger partial charge in [0.2, 0.25) is 0 Å². The van der Waals surface area contributed by atoms with Crippen molar-refractivity contribution in [2.45, 2.75) is 155 Å². The summed E-state index contributed by atoms with van der Waals surface area (Å²) in [5.74, 6) is -0.811. The molecule has 0 aromatic rings. The number of unbranched alkanes of at least 4 members (excludes halogenated alkanes) is 16. The summed E-state index contributed by atoms with van der Waals surface area (Å²) in [6.07, 6.45) is 25.5. The molecular formula is C35H69NO8P+. The third-order valence-electron chi connectivity index (χ3n) is 7.55. The van der Waals surface area contributed by atoms with E-state index < -0.39 is 26.5 Å². The summed E-state index contributed by atoms with van der Waals surface area (Å²) >= 11 is 0. The largest absolute Gasteiger partial charge is 0.472 e. The summed E-state index contributed by atoms with van der Waals surface area (Å²) in [5.41, 5.74) is 0. The second-order valence-corrected chi connectivity index (χ2v) is 14.7. The van der Waals surface area contributed by atoms with Gasteiger partial charge < -0.3 is 18.9 Å².